The van der Waals surface area contributed by atoms with Crippen LogP contribution in [0.15, 0.2) is 24.3 Å². The summed E-state index contributed by atoms with van der Waals surface area (Å²) < 4.78 is 0. The van der Waals surface area contributed by atoms with Gasteiger partial charge in [0.2, 0.25) is 0 Å². The topological polar surface area (TPSA) is 38.7 Å². The van der Waals surface area contributed by atoms with Gasteiger partial charge < -0.3 is 20.2 Å². The van der Waals surface area contributed by atoms with Crippen molar-refractivity contribution in [3.63, 3.8) is 0 Å². The zero-order valence-electron chi connectivity index (χ0n) is 14.7. The molecule has 0 aromatic heterocycles. The van der Waals surface area contributed by atoms with Gasteiger partial charge in [0.1, 0.15) is 0 Å². The van der Waals surface area contributed by atoms with Crippen LogP contribution >= 0.6 is 11.8 Å². The van der Waals surface area contributed by atoms with Crippen molar-refractivity contribution in [3.8, 4) is 0 Å². The first kappa shape index (κ1) is 18.6. The SMILES string of the molecule is CCN1CCN(c2ccccc2CNC(C)C(CO)SC)CC1. The number of rotatable bonds is 8. The van der Waals surface area contributed by atoms with E-state index in [-0.39, 0.29) is 11.9 Å². The van der Waals surface area contributed by atoms with E-state index in [2.05, 4.69) is 59.5 Å². The molecule has 0 saturated carbocycles. The van der Waals surface area contributed by atoms with Crippen molar-refractivity contribution in [1.29, 1.82) is 0 Å². The second-order valence-corrected chi connectivity index (χ2v) is 7.25. The molecule has 23 heavy (non-hydrogen) atoms. The Balaban J connectivity index is 1.98. The minimum absolute atomic E-state index is 0.218. The molecule has 2 atom stereocenters. The van der Waals surface area contributed by atoms with Gasteiger partial charge in [0, 0.05) is 49.7 Å². The van der Waals surface area contributed by atoms with Gasteiger partial charge in [-0.15, -0.1) is 0 Å². The van der Waals surface area contributed by atoms with E-state index in [4.69, 9.17) is 0 Å². The summed E-state index contributed by atoms with van der Waals surface area (Å²) in [6, 6.07) is 8.99. The van der Waals surface area contributed by atoms with Crippen LogP contribution < -0.4 is 10.2 Å². The van der Waals surface area contributed by atoms with E-state index in [9.17, 15) is 5.11 Å². The first-order valence-corrected chi connectivity index (χ1v) is 9.90. The fourth-order valence-corrected chi connectivity index (χ4v) is 3.77. The molecule has 1 aromatic rings. The van der Waals surface area contributed by atoms with Gasteiger partial charge in [-0.2, -0.15) is 11.8 Å². The molecule has 2 rings (SSSR count). The number of thioether (sulfide) groups is 1. The van der Waals surface area contributed by atoms with Crippen molar-refractivity contribution < 1.29 is 5.11 Å². The Labute approximate surface area is 145 Å². The number of anilines is 1. The normalized spacial score (nSPS) is 18.9. The highest BCUT2D eigenvalue weighted by Crippen LogP contribution is 2.22. The summed E-state index contributed by atoms with van der Waals surface area (Å²) >= 11 is 1.72. The third kappa shape index (κ3) is 5.11. The molecule has 4 nitrogen and oxygen atoms in total. The van der Waals surface area contributed by atoms with Crippen LogP contribution in [-0.4, -0.2) is 66.9 Å². The van der Waals surface area contributed by atoms with Gasteiger partial charge in [0.05, 0.1) is 6.61 Å². The Bertz CT molecular complexity index is 459. The molecule has 0 spiro atoms. The van der Waals surface area contributed by atoms with E-state index in [1.165, 1.54) is 11.3 Å². The number of aliphatic hydroxyl groups is 1. The maximum Gasteiger partial charge on any atom is 0.0564 e. The van der Waals surface area contributed by atoms with Crippen LogP contribution in [0.5, 0.6) is 0 Å². The van der Waals surface area contributed by atoms with Gasteiger partial charge >= 0.3 is 0 Å². The van der Waals surface area contributed by atoms with Gasteiger partial charge in [-0.1, -0.05) is 25.1 Å². The summed E-state index contributed by atoms with van der Waals surface area (Å²) in [5.74, 6) is 0. The summed E-state index contributed by atoms with van der Waals surface area (Å²) in [6.45, 7) is 11.1. The first-order valence-electron chi connectivity index (χ1n) is 8.61. The Morgan fingerprint density at radius 2 is 1.91 bits per heavy atom. The van der Waals surface area contributed by atoms with E-state index in [0.29, 0.717) is 6.04 Å². The van der Waals surface area contributed by atoms with Crippen LogP contribution in [0.2, 0.25) is 0 Å². The monoisotopic (exact) mass is 337 g/mol. The van der Waals surface area contributed by atoms with Gasteiger partial charge in [0.25, 0.3) is 0 Å². The molecule has 1 aliphatic rings. The highest BCUT2D eigenvalue weighted by molar-refractivity contribution is 7.99. The Morgan fingerprint density at radius 3 is 2.52 bits per heavy atom. The van der Waals surface area contributed by atoms with Crippen LogP contribution in [0.4, 0.5) is 5.69 Å². The molecule has 0 radical (unpaired) electrons. The molecule has 1 heterocycles. The third-order valence-corrected chi connectivity index (χ3v) is 5.97. The highest BCUT2D eigenvalue weighted by atomic mass is 32.2. The molecule has 2 N–H and O–H groups in total. The van der Waals surface area contributed by atoms with E-state index < -0.39 is 0 Å². The van der Waals surface area contributed by atoms with Crippen LogP contribution in [-0.2, 0) is 6.54 Å². The second-order valence-electron chi connectivity index (χ2n) is 6.18. The Hall–Kier alpha value is -0.750. The minimum atomic E-state index is 0.218. The molecule has 5 heteroatoms. The Kier molecular flexibility index (Phi) is 7.70. The fourth-order valence-electron chi connectivity index (χ4n) is 3.11. The standard InChI is InChI=1S/C18H31N3OS/c1-4-20-9-11-21(12-10-20)17-8-6-5-7-16(17)13-19-15(2)18(14-22)23-3/h5-8,15,18-19,22H,4,9-14H2,1-3H3. The minimum Gasteiger partial charge on any atom is -0.395 e. The average molecular weight is 338 g/mol. The summed E-state index contributed by atoms with van der Waals surface area (Å²) in [7, 11) is 0. The highest BCUT2D eigenvalue weighted by Gasteiger charge is 2.19. The number of para-hydroxylation sites is 1. The Morgan fingerprint density at radius 1 is 1.22 bits per heavy atom. The lowest BCUT2D eigenvalue weighted by Gasteiger charge is -2.36. The average Bonchev–Trinajstić information content (AvgIpc) is 2.61. The van der Waals surface area contributed by atoms with Crippen molar-refractivity contribution in [2.45, 2.75) is 31.7 Å². The predicted molar refractivity (Wildman–Crippen MR) is 101 cm³/mol. The smallest absolute Gasteiger partial charge is 0.0564 e. The summed E-state index contributed by atoms with van der Waals surface area (Å²) in [5, 5.41) is 13.3. The number of benzene rings is 1. The predicted octanol–water partition coefficient (Wildman–Crippen LogP) is 2.03. The van der Waals surface area contributed by atoms with Crippen molar-refractivity contribution in [1.82, 2.24) is 10.2 Å². The van der Waals surface area contributed by atoms with Gasteiger partial charge in [-0.05, 0) is 31.4 Å². The first-order chi connectivity index (χ1) is 11.2. The number of hydrogen-bond acceptors (Lipinski definition) is 5. The summed E-state index contributed by atoms with van der Waals surface area (Å²) in [4.78, 5) is 5.01. The molecule has 2 unspecified atom stereocenters. The molecule has 1 aliphatic heterocycles. The quantitative estimate of drug-likeness (QED) is 0.759. The lowest BCUT2D eigenvalue weighted by Crippen LogP contribution is -2.46. The van der Waals surface area contributed by atoms with Gasteiger partial charge in [0.15, 0.2) is 0 Å². The molecule has 0 bridgehead atoms. The number of aliphatic hydroxyl groups excluding tert-OH is 1. The molecule has 1 fully saturated rings. The van der Waals surface area contributed by atoms with Crippen molar-refractivity contribution >= 4 is 17.4 Å². The molecule has 0 aliphatic carbocycles. The van der Waals surface area contributed by atoms with Gasteiger partial charge in [-0.25, -0.2) is 0 Å². The van der Waals surface area contributed by atoms with Crippen molar-refractivity contribution in [2.24, 2.45) is 0 Å². The maximum absolute atomic E-state index is 9.43. The van der Waals surface area contributed by atoms with E-state index in [1.807, 2.05) is 0 Å². The van der Waals surface area contributed by atoms with E-state index >= 15 is 0 Å². The summed E-state index contributed by atoms with van der Waals surface area (Å²) in [5.41, 5.74) is 2.70. The fraction of sp³-hybridized carbons (Fsp3) is 0.667. The number of likely N-dealkylation sites (N-methyl/N-ethyl adjacent to an activating group) is 1. The second kappa shape index (κ2) is 9.52. The van der Waals surface area contributed by atoms with Crippen LogP contribution in [0.25, 0.3) is 0 Å². The number of nitrogens with zero attached hydrogens (tertiary/aromatic N) is 2. The van der Waals surface area contributed by atoms with E-state index in [0.717, 1.165) is 39.3 Å². The summed E-state index contributed by atoms with van der Waals surface area (Å²) in [6.07, 6.45) is 2.06. The van der Waals surface area contributed by atoms with Gasteiger partial charge in [-0.3, -0.25) is 0 Å². The molecular formula is C18H31N3OS. The van der Waals surface area contributed by atoms with Crippen LogP contribution in [0.1, 0.15) is 19.4 Å². The van der Waals surface area contributed by atoms with Crippen LogP contribution in [0.3, 0.4) is 0 Å². The van der Waals surface area contributed by atoms with Crippen molar-refractivity contribution in [3.05, 3.63) is 29.8 Å². The largest absolute Gasteiger partial charge is 0.395 e. The molecule has 1 aromatic carbocycles. The number of hydrogen-bond donors (Lipinski definition) is 2. The van der Waals surface area contributed by atoms with E-state index in [1.54, 1.807) is 11.8 Å². The molecule has 130 valence electrons. The zero-order chi connectivity index (χ0) is 16.7. The maximum atomic E-state index is 9.43. The van der Waals surface area contributed by atoms with Crippen LogP contribution in [0, 0.1) is 0 Å². The lowest BCUT2D eigenvalue weighted by molar-refractivity contribution is 0.270. The van der Waals surface area contributed by atoms with Crippen molar-refractivity contribution in [2.75, 3.05) is 50.5 Å². The molecule has 1 saturated heterocycles. The molecule has 0 amide bonds. The zero-order valence-corrected chi connectivity index (χ0v) is 15.5. The molecular weight excluding hydrogens is 306 g/mol. The number of nitrogens with one attached hydrogen (secondary N) is 1. The number of piperazine rings is 1. The third-order valence-electron chi connectivity index (χ3n) is 4.81. The lowest BCUT2D eigenvalue weighted by atomic mass is 10.1.